The molecule has 3 nitrogen and oxygen atoms in total. The lowest BCUT2D eigenvalue weighted by molar-refractivity contribution is 0.391. The van der Waals surface area contributed by atoms with Crippen molar-refractivity contribution >= 4 is 11.8 Å². The quantitative estimate of drug-likeness (QED) is 0.633. The number of H-pyrrole nitrogens is 1. The Labute approximate surface area is 93.7 Å². The lowest BCUT2D eigenvalue weighted by Gasteiger charge is -2.20. The molecule has 1 aromatic rings. The number of aromatic nitrogens is 2. The maximum absolute atomic E-state index is 11.0. The lowest BCUT2D eigenvalue weighted by atomic mass is 9.91. The van der Waals surface area contributed by atoms with Crippen LogP contribution in [0.25, 0.3) is 0 Å². The lowest BCUT2D eigenvalue weighted by Crippen LogP contribution is -2.10. The first-order chi connectivity index (χ1) is 7.34. The van der Waals surface area contributed by atoms with Gasteiger partial charge in [0.05, 0.1) is 0 Å². The predicted molar refractivity (Wildman–Crippen MR) is 62.2 cm³/mol. The van der Waals surface area contributed by atoms with Gasteiger partial charge in [-0.1, -0.05) is 31.0 Å². The first-order valence-corrected chi connectivity index (χ1v) is 6.51. The fourth-order valence-corrected chi connectivity index (χ4v) is 3.01. The van der Waals surface area contributed by atoms with Gasteiger partial charge in [0.15, 0.2) is 5.16 Å². The van der Waals surface area contributed by atoms with E-state index in [2.05, 4.69) is 9.97 Å². The second-order valence-electron chi connectivity index (χ2n) is 4.05. The average molecular weight is 224 g/mol. The van der Waals surface area contributed by atoms with E-state index in [1.807, 2.05) is 0 Å². The van der Waals surface area contributed by atoms with Crippen molar-refractivity contribution in [1.29, 1.82) is 0 Å². The molecule has 2 rings (SSSR count). The van der Waals surface area contributed by atoms with Crippen LogP contribution < -0.4 is 5.56 Å². The second kappa shape index (κ2) is 5.35. The van der Waals surface area contributed by atoms with Crippen LogP contribution in [-0.2, 0) is 0 Å². The van der Waals surface area contributed by atoms with Crippen molar-refractivity contribution in [3.63, 3.8) is 0 Å². The van der Waals surface area contributed by atoms with Gasteiger partial charge in [0.2, 0.25) is 0 Å². The number of hydrogen-bond donors (Lipinski definition) is 1. The summed E-state index contributed by atoms with van der Waals surface area (Å²) in [6.45, 7) is 0. The van der Waals surface area contributed by atoms with E-state index < -0.39 is 0 Å². The highest BCUT2D eigenvalue weighted by Crippen LogP contribution is 2.28. The molecule has 0 saturated heterocycles. The van der Waals surface area contributed by atoms with Crippen molar-refractivity contribution < 1.29 is 0 Å². The number of nitrogens with one attached hydrogen (secondary N) is 1. The van der Waals surface area contributed by atoms with Crippen molar-refractivity contribution in [2.24, 2.45) is 5.92 Å². The molecule has 0 spiro atoms. The van der Waals surface area contributed by atoms with Crippen LogP contribution in [0.15, 0.2) is 22.2 Å². The van der Waals surface area contributed by atoms with Gasteiger partial charge in [-0.05, 0) is 18.8 Å². The summed E-state index contributed by atoms with van der Waals surface area (Å²) in [5.74, 6) is 1.90. The molecule has 0 unspecified atom stereocenters. The molecule has 1 aliphatic carbocycles. The van der Waals surface area contributed by atoms with Crippen LogP contribution in [0.5, 0.6) is 0 Å². The van der Waals surface area contributed by atoms with Crippen LogP contribution in [0.4, 0.5) is 0 Å². The zero-order valence-electron chi connectivity index (χ0n) is 8.74. The molecule has 1 N–H and O–H groups in total. The van der Waals surface area contributed by atoms with E-state index >= 15 is 0 Å². The number of thioether (sulfide) groups is 1. The van der Waals surface area contributed by atoms with Gasteiger partial charge in [-0.15, -0.1) is 0 Å². The van der Waals surface area contributed by atoms with Gasteiger partial charge in [0.1, 0.15) is 0 Å². The van der Waals surface area contributed by atoms with E-state index in [0.29, 0.717) is 0 Å². The molecular weight excluding hydrogens is 208 g/mol. The van der Waals surface area contributed by atoms with Crippen LogP contribution in [0, 0.1) is 5.92 Å². The van der Waals surface area contributed by atoms with Gasteiger partial charge in [-0.3, -0.25) is 4.79 Å². The first-order valence-electron chi connectivity index (χ1n) is 5.53. The van der Waals surface area contributed by atoms with Crippen LogP contribution in [0.3, 0.4) is 0 Å². The van der Waals surface area contributed by atoms with E-state index in [4.69, 9.17) is 0 Å². The van der Waals surface area contributed by atoms with Gasteiger partial charge in [0.25, 0.3) is 5.56 Å². The minimum Gasteiger partial charge on any atom is -0.301 e. The molecule has 1 heterocycles. The van der Waals surface area contributed by atoms with E-state index in [1.54, 1.807) is 18.0 Å². The summed E-state index contributed by atoms with van der Waals surface area (Å²) in [6.07, 6.45) is 8.37. The van der Waals surface area contributed by atoms with Gasteiger partial charge in [-0.2, -0.15) is 0 Å². The number of nitrogens with zero attached hydrogens (tertiary/aromatic N) is 1. The fourth-order valence-electron chi connectivity index (χ4n) is 1.98. The van der Waals surface area contributed by atoms with Crippen LogP contribution >= 0.6 is 11.8 Å². The molecule has 0 bridgehead atoms. The Kier molecular flexibility index (Phi) is 3.83. The monoisotopic (exact) mass is 224 g/mol. The highest BCUT2D eigenvalue weighted by atomic mass is 32.2. The highest BCUT2D eigenvalue weighted by molar-refractivity contribution is 7.99. The average Bonchev–Trinajstić information content (AvgIpc) is 2.28. The minimum absolute atomic E-state index is 0.0591. The number of aromatic amines is 1. The van der Waals surface area contributed by atoms with Crippen molar-refractivity contribution in [3.05, 3.63) is 22.6 Å². The first kappa shape index (κ1) is 10.7. The van der Waals surface area contributed by atoms with Crippen molar-refractivity contribution in [2.75, 3.05) is 5.75 Å². The van der Waals surface area contributed by atoms with E-state index in [9.17, 15) is 4.79 Å². The van der Waals surface area contributed by atoms with Crippen LogP contribution in [0.1, 0.15) is 32.1 Å². The third-order valence-corrected chi connectivity index (χ3v) is 3.95. The number of rotatable bonds is 3. The SMILES string of the molecule is O=c1ccnc(SCC2CCCCC2)[nH]1. The molecule has 1 aliphatic rings. The molecule has 1 fully saturated rings. The molecule has 1 aromatic heterocycles. The summed E-state index contributed by atoms with van der Waals surface area (Å²) in [6, 6.07) is 1.45. The Bertz CT molecular complexity index is 358. The minimum atomic E-state index is -0.0591. The topological polar surface area (TPSA) is 45.8 Å². The molecule has 4 heteroatoms. The van der Waals surface area contributed by atoms with Gasteiger partial charge < -0.3 is 4.98 Å². The molecule has 15 heavy (non-hydrogen) atoms. The van der Waals surface area contributed by atoms with Gasteiger partial charge in [0, 0.05) is 18.0 Å². The molecule has 0 radical (unpaired) electrons. The summed E-state index contributed by atoms with van der Waals surface area (Å²) >= 11 is 1.67. The van der Waals surface area contributed by atoms with E-state index in [-0.39, 0.29) is 5.56 Å². The molecule has 82 valence electrons. The van der Waals surface area contributed by atoms with Crippen molar-refractivity contribution in [3.8, 4) is 0 Å². The van der Waals surface area contributed by atoms with Crippen molar-refractivity contribution in [1.82, 2.24) is 9.97 Å². The smallest absolute Gasteiger partial charge is 0.251 e. The molecule has 0 amide bonds. The summed E-state index contributed by atoms with van der Waals surface area (Å²) < 4.78 is 0. The summed E-state index contributed by atoms with van der Waals surface area (Å²) in [4.78, 5) is 17.9. The Morgan fingerprint density at radius 3 is 2.93 bits per heavy atom. The van der Waals surface area contributed by atoms with Crippen molar-refractivity contribution in [2.45, 2.75) is 37.3 Å². The Hall–Kier alpha value is -0.770. The highest BCUT2D eigenvalue weighted by Gasteiger charge is 2.13. The van der Waals surface area contributed by atoms with Crippen LogP contribution in [-0.4, -0.2) is 15.7 Å². The Morgan fingerprint density at radius 2 is 2.20 bits per heavy atom. The van der Waals surface area contributed by atoms with Gasteiger partial charge in [-0.25, -0.2) is 4.98 Å². The number of hydrogen-bond acceptors (Lipinski definition) is 3. The summed E-state index contributed by atoms with van der Waals surface area (Å²) in [7, 11) is 0. The normalized spacial score (nSPS) is 17.9. The standard InChI is InChI=1S/C11H16N2OS/c14-10-6-7-12-11(13-10)15-8-9-4-2-1-3-5-9/h6-7,9H,1-5,8H2,(H,12,13,14). The van der Waals surface area contributed by atoms with Crippen LogP contribution in [0.2, 0.25) is 0 Å². The molecular formula is C11H16N2OS. The third-order valence-electron chi connectivity index (χ3n) is 2.83. The summed E-state index contributed by atoms with van der Waals surface area (Å²) in [5.41, 5.74) is -0.0591. The molecule has 1 saturated carbocycles. The fraction of sp³-hybridized carbons (Fsp3) is 0.636. The molecule has 0 aliphatic heterocycles. The zero-order chi connectivity index (χ0) is 10.5. The Morgan fingerprint density at radius 1 is 1.40 bits per heavy atom. The maximum atomic E-state index is 11.0. The van der Waals surface area contributed by atoms with E-state index in [1.165, 1.54) is 38.2 Å². The predicted octanol–water partition coefficient (Wildman–Crippen LogP) is 2.44. The summed E-state index contributed by atoms with van der Waals surface area (Å²) in [5, 5.41) is 0.757. The molecule has 0 atom stereocenters. The third kappa shape index (κ3) is 3.38. The zero-order valence-corrected chi connectivity index (χ0v) is 9.55. The van der Waals surface area contributed by atoms with E-state index in [0.717, 1.165) is 16.8 Å². The maximum Gasteiger partial charge on any atom is 0.251 e. The second-order valence-corrected chi connectivity index (χ2v) is 5.06. The van der Waals surface area contributed by atoms with Gasteiger partial charge >= 0.3 is 0 Å². The molecule has 0 aromatic carbocycles. The Balaban J connectivity index is 1.84. The largest absolute Gasteiger partial charge is 0.301 e.